The predicted molar refractivity (Wildman–Crippen MR) is 77.3 cm³/mol. The Morgan fingerprint density at radius 3 is 2.86 bits per heavy atom. The molecule has 3 atom stereocenters. The molecule has 2 amide bonds. The number of fused-ring (bicyclic) bond motifs is 1. The molecule has 1 fully saturated rings. The van der Waals surface area contributed by atoms with Crippen LogP contribution in [0.3, 0.4) is 0 Å². The third-order valence-electron chi connectivity index (χ3n) is 4.33. The van der Waals surface area contributed by atoms with E-state index >= 15 is 0 Å². The molecule has 1 aromatic rings. The Kier molecular flexibility index (Phi) is 3.62. The number of thiophene rings is 1. The zero-order valence-corrected chi connectivity index (χ0v) is 12.5. The fourth-order valence-electron chi connectivity index (χ4n) is 3.20. The Labute approximate surface area is 126 Å². The van der Waals surface area contributed by atoms with Crippen LogP contribution in [-0.2, 0) is 11.2 Å². The lowest BCUT2D eigenvalue weighted by molar-refractivity contribution is -0.141. The van der Waals surface area contributed by atoms with Crippen LogP contribution in [0.1, 0.15) is 29.8 Å². The minimum Gasteiger partial charge on any atom is -0.480 e. The molecule has 7 heteroatoms. The van der Waals surface area contributed by atoms with Gasteiger partial charge in [-0.2, -0.15) is 0 Å². The Morgan fingerprint density at radius 1 is 1.38 bits per heavy atom. The molecule has 6 nitrogen and oxygen atoms in total. The molecule has 3 heterocycles. The molecular formula is C14H18N2O4S. The van der Waals surface area contributed by atoms with Gasteiger partial charge < -0.3 is 20.0 Å². The van der Waals surface area contributed by atoms with Crippen molar-refractivity contribution in [1.29, 1.82) is 0 Å². The maximum absolute atomic E-state index is 12.7. The summed E-state index contributed by atoms with van der Waals surface area (Å²) in [5, 5.41) is 20.9. The van der Waals surface area contributed by atoms with Crippen LogP contribution < -0.4 is 0 Å². The van der Waals surface area contributed by atoms with E-state index in [4.69, 9.17) is 0 Å². The summed E-state index contributed by atoms with van der Waals surface area (Å²) in [6.45, 7) is 2.65. The first kappa shape index (κ1) is 14.3. The van der Waals surface area contributed by atoms with Crippen molar-refractivity contribution in [2.75, 3.05) is 13.1 Å². The van der Waals surface area contributed by atoms with Gasteiger partial charge in [-0.1, -0.05) is 0 Å². The number of rotatable bonds is 1. The second-order valence-corrected chi connectivity index (χ2v) is 6.60. The Bertz CT molecular complexity index is 573. The van der Waals surface area contributed by atoms with Crippen molar-refractivity contribution in [3.05, 3.63) is 21.9 Å². The number of hydrogen-bond acceptors (Lipinski definition) is 4. The van der Waals surface area contributed by atoms with E-state index in [2.05, 4.69) is 0 Å². The van der Waals surface area contributed by atoms with E-state index in [0.29, 0.717) is 6.54 Å². The lowest BCUT2D eigenvalue weighted by Gasteiger charge is -2.37. The summed E-state index contributed by atoms with van der Waals surface area (Å²) >= 11 is 1.70. The molecule has 1 unspecified atom stereocenters. The van der Waals surface area contributed by atoms with Gasteiger partial charge in [-0.15, -0.1) is 11.3 Å². The van der Waals surface area contributed by atoms with Gasteiger partial charge in [-0.25, -0.2) is 9.59 Å². The van der Waals surface area contributed by atoms with Crippen molar-refractivity contribution in [3.8, 4) is 0 Å². The van der Waals surface area contributed by atoms with Gasteiger partial charge in [0.25, 0.3) is 0 Å². The maximum Gasteiger partial charge on any atom is 0.326 e. The molecule has 3 rings (SSSR count). The standard InChI is InChI=1S/C14H18N2O4S/c1-8-10-3-5-21-12(10)2-4-15(8)14(20)16-7-9(17)6-11(16)13(18)19/h3,5,8-9,11,17H,2,4,6-7H2,1H3,(H,18,19)/t8?,9-,11-/m1/s1. The predicted octanol–water partition coefficient (Wildman–Crippen LogP) is 1.31. The van der Waals surface area contributed by atoms with Crippen LogP contribution in [0.15, 0.2) is 11.4 Å². The number of amides is 2. The van der Waals surface area contributed by atoms with Crippen LogP contribution in [0, 0.1) is 0 Å². The van der Waals surface area contributed by atoms with E-state index in [9.17, 15) is 19.8 Å². The number of aliphatic hydroxyl groups excluding tert-OH is 1. The topological polar surface area (TPSA) is 81.1 Å². The lowest BCUT2D eigenvalue weighted by atomic mass is 10.0. The first-order valence-corrected chi connectivity index (χ1v) is 7.91. The second-order valence-electron chi connectivity index (χ2n) is 5.60. The van der Waals surface area contributed by atoms with E-state index in [1.807, 2.05) is 18.4 Å². The molecule has 2 aliphatic heterocycles. The van der Waals surface area contributed by atoms with Gasteiger partial charge in [-0.3, -0.25) is 0 Å². The highest BCUT2D eigenvalue weighted by Crippen LogP contribution is 2.34. The number of carbonyl (C=O) groups is 2. The fourth-order valence-corrected chi connectivity index (χ4v) is 4.16. The van der Waals surface area contributed by atoms with Gasteiger partial charge in [0, 0.05) is 24.4 Å². The quantitative estimate of drug-likeness (QED) is 0.819. The molecule has 0 saturated carbocycles. The Balaban J connectivity index is 1.81. The van der Waals surface area contributed by atoms with Gasteiger partial charge >= 0.3 is 12.0 Å². The van der Waals surface area contributed by atoms with Gasteiger partial charge in [0.15, 0.2) is 0 Å². The van der Waals surface area contributed by atoms with Crippen LogP contribution in [0.25, 0.3) is 0 Å². The number of nitrogens with zero attached hydrogens (tertiary/aromatic N) is 2. The molecule has 0 bridgehead atoms. The average molecular weight is 310 g/mol. The SMILES string of the molecule is CC1c2ccsc2CCN1C(=O)N1C[C@H](O)C[C@@H]1C(=O)O. The third kappa shape index (κ3) is 2.40. The van der Waals surface area contributed by atoms with Crippen LogP contribution in [0.5, 0.6) is 0 Å². The van der Waals surface area contributed by atoms with E-state index in [-0.39, 0.29) is 25.0 Å². The molecule has 0 spiro atoms. The van der Waals surface area contributed by atoms with Crippen LogP contribution in [0.2, 0.25) is 0 Å². The molecule has 21 heavy (non-hydrogen) atoms. The van der Waals surface area contributed by atoms with E-state index in [1.165, 1.54) is 9.78 Å². The van der Waals surface area contributed by atoms with Crippen LogP contribution in [0.4, 0.5) is 4.79 Å². The smallest absolute Gasteiger partial charge is 0.326 e. The number of urea groups is 1. The van der Waals surface area contributed by atoms with Gasteiger partial charge in [-0.05, 0) is 30.4 Å². The van der Waals surface area contributed by atoms with E-state index in [1.54, 1.807) is 16.2 Å². The van der Waals surface area contributed by atoms with Gasteiger partial charge in [0.05, 0.1) is 12.1 Å². The van der Waals surface area contributed by atoms with Crippen molar-refractivity contribution in [1.82, 2.24) is 9.80 Å². The zero-order valence-electron chi connectivity index (χ0n) is 11.7. The number of β-amino-alcohol motifs (C(OH)–C–C–N with tert-alkyl or cyclic N) is 1. The Morgan fingerprint density at radius 2 is 2.14 bits per heavy atom. The summed E-state index contributed by atoms with van der Waals surface area (Å²) in [6.07, 6.45) is 0.149. The van der Waals surface area contributed by atoms with E-state index in [0.717, 1.165) is 12.0 Å². The molecule has 2 aliphatic rings. The summed E-state index contributed by atoms with van der Waals surface area (Å²) < 4.78 is 0. The number of carboxylic acid groups (broad SMARTS) is 1. The van der Waals surface area contributed by atoms with Crippen molar-refractivity contribution >= 4 is 23.3 Å². The summed E-state index contributed by atoms with van der Waals surface area (Å²) in [7, 11) is 0. The molecule has 1 saturated heterocycles. The average Bonchev–Trinajstić information content (AvgIpc) is 3.05. The van der Waals surface area contributed by atoms with Crippen LogP contribution >= 0.6 is 11.3 Å². The molecule has 0 aliphatic carbocycles. The third-order valence-corrected chi connectivity index (χ3v) is 5.33. The Hall–Kier alpha value is -1.60. The number of likely N-dealkylation sites (tertiary alicyclic amines) is 1. The number of aliphatic hydroxyl groups is 1. The van der Waals surface area contributed by atoms with Gasteiger partial charge in [0.1, 0.15) is 6.04 Å². The molecular weight excluding hydrogens is 292 g/mol. The van der Waals surface area contributed by atoms with E-state index < -0.39 is 18.1 Å². The van der Waals surface area contributed by atoms with Gasteiger partial charge in [0.2, 0.25) is 0 Å². The molecule has 2 N–H and O–H groups in total. The highest BCUT2D eigenvalue weighted by Gasteiger charge is 2.42. The summed E-state index contributed by atoms with van der Waals surface area (Å²) in [5.41, 5.74) is 1.14. The summed E-state index contributed by atoms with van der Waals surface area (Å²) in [5.74, 6) is -1.05. The largest absolute Gasteiger partial charge is 0.480 e. The number of carboxylic acids is 1. The minimum absolute atomic E-state index is 0.0558. The summed E-state index contributed by atoms with van der Waals surface area (Å²) in [6, 6.07) is 0.754. The maximum atomic E-state index is 12.7. The minimum atomic E-state index is -1.05. The van der Waals surface area contributed by atoms with Crippen molar-refractivity contribution in [3.63, 3.8) is 0 Å². The summed E-state index contributed by atoms with van der Waals surface area (Å²) in [4.78, 5) is 28.2. The first-order valence-electron chi connectivity index (χ1n) is 7.03. The monoisotopic (exact) mass is 310 g/mol. The number of aliphatic carboxylic acids is 1. The first-order chi connectivity index (χ1) is 9.99. The number of hydrogen-bond donors (Lipinski definition) is 2. The highest BCUT2D eigenvalue weighted by atomic mass is 32.1. The van der Waals surface area contributed by atoms with Crippen molar-refractivity contribution < 1.29 is 19.8 Å². The van der Waals surface area contributed by atoms with Crippen molar-refractivity contribution in [2.45, 2.75) is 38.0 Å². The fraction of sp³-hybridized carbons (Fsp3) is 0.571. The second kappa shape index (κ2) is 5.31. The lowest BCUT2D eigenvalue weighted by Crippen LogP contribution is -2.50. The zero-order chi connectivity index (χ0) is 15.1. The highest BCUT2D eigenvalue weighted by molar-refractivity contribution is 7.10. The van der Waals surface area contributed by atoms with Crippen molar-refractivity contribution in [2.24, 2.45) is 0 Å². The molecule has 0 radical (unpaired) electrons. The molecule has 1 aromatic heterocycles. The number of carbonyl (C=O) groups excluding carboxylic acids is 1. The van der Waals surface area contributed by atoms with Crippen LogP contribution in [-0.4, -0.2) is 57.2 Å². The normalized spacial score (nSPS) is 28.6. The molecule has 0 aromatic carbocycles. The molecule has 114 valence electrons.